The maximum absolute atomic E-state index is 12.9. The second-order valence-corrected chi connectivity index (χ2v) is 6.46. The maximum atomic E-state index is 12.9. The van der Waals surface area contributed by atoms with Crippen LogP contribution >= 0.6 is 11.3 Å². The molecule has 2 rings (SSSR count). The Morgan fingerprint density at radius 2 is 1.87 bits per heavy atom. The van der Waals surface area contributed by atoms with Crippen molar-refractivity contribution in [1.82, 2.24) is 10.6 Å². The number of carbonyl (C=O) groups is 2. The molecule has 0 fully saturated rings. The number of rotatable bonds is 6. The van der Waals surface area contributed by atoms with E-state index in [4.69, 9.17) is 0 Å². The zero-order valence-corrected chi connectivity index (χ0v) is 13.8. The molecular weight excluding hydrogens is 315 g/mol. The van der Waals surface area contributed by atoms with Gasteiger partial charge in [-0.05, 0) is 35.1 Å². The Kier molecular flexibility index (Phi) is 5.87. The smallest absolute Gasteiger partial charge is 0.262 e. The molecule has 2 N–H and O–H groups in total. The number of thiophene rings is 1. The number of hydrogen-bond acceptors (Lipinski definition) is 3. The first-order chi connectivity index (χ1) is 11.0. The van der Waals surface area contributed by atoms with Gasteiger partial charge in [-0.15, -0.1) is 11.3 Å². The van der Waals surface area contributed by atoms with E-state index in [1.165, 1.54) is 23.5 Å². The highest BCUT2D eigenvalue weighted by atomic mass is 32.1. The van der Waals surface area contributed by atoms with E-state index in [2.05, 4.69) is 10.6 Å². The molecule has 0 spiro atoms. The summed E-state index contributed by atoms with van der Waals surface area (Å²) in [6, 6.07) is 8.81. The first kappa shape index (κ1) is 17.1. The molecule has 4 nitrogen and oxygen atoms in total. The molecule has 0 unspecified atom stereocenters. The van der Waals surface area contributed by atoms with Crippen molar-refractivity contribution in [2.24, 2.45) is 5.92 Å². The molecule has 1 aromatic carbocycles. The standard InChI is InChI=1S/C17H19FN2O2S/c1-11(2)15(20-16(21)14-4-3-9-23-14)17(22)19-10-12-5-7-13(18)8-6-12/h3-9,11,15H,10H2,1-2H3,(H,19,22)(H,20,21)/t15-/m0/s1. The molecule has 1 heterocycles. The van der Waals surface area contributed by atoms with Crippen LogP contribution in [0.25, 0.3) is 0 Å². The SMILES string of the molecule is CC(C)[C@H](NC(=O)c1cccs1)C(=O)NCc1ccc(F)cc1. The average molecular weight is 334 g/mol. The summed E-state index contributed by atoms with van der Waals surface area (Å²) in [6.45, 7) is 4.03. The van der Waals surface area contributed by atoms with Crippen LogP contribution in [0.3, 0.4) is 0 Å². The lowest BCUT2D eigenvalue weighted by molar-refractivity contribution is -0.124. The molecule has 122 valence electrons. The zero-order chi connectivity index (χ0) is 16.8. The molecule has 0 saturated heterocycles. The molecule has 0 bridgehead atoms. The van der Waals surface area contributed by atoms with Crippen molar-refractivity contribution in [3.05, 3.63) is 58.0 Å². The Morgan fingerprint density at radius 3 is 2.43 bits per heavy atom. The van der Waals surface area contributed by atoms with Crippen LogP contribution in [0, 0.1) is 11.7 Å². The van der Waals surface area contributed by atoms with Crippen LogP contribution in [-0.2, 0) is 11.3 Å². The largest absolute Gasteiger partial charge is 0.350 e. The first-order valence-electron chi connectivity index (χ1n) is 7.34. The lowest BCUT2D eigenvalue weighted by Gasteiger charge is -2.21. The Bertz CT molecular complexity index is 654. The maximum Gasteiger partial charge on any atom is 0.262 e. The van der Waals surface area contributed by atoms with Gasteiger partial charge in [0.2, 0.25) is 5.91 Å². The van der Waals surface area contributed by atoms with Crippen molar-refractivity contribution in [3.8, 4) is 0 Å². The van der Waals surface area contributed by atoms with Crippen molar-refractivity contribution in [3.63, 3.8) is 0 Å². The van der Waals surface area contributed by atoms with Gasteiger partial charge in [-0.25, -0.2) is 4.39 Å². The van der Waals surface area contributed by atoms with E-state index in [9.17, 15) is 14.0 Å². The van der Waals surface area contributed by atoms with Crippen molar-refractivity contribution in [2.45, 2.75) is 26.4 Å². The molecule has 2 amide bonds. The Labute approximate surface area is 138 Å². The summed E-state index contributed by atoms with van der Waals surface area (Å²) < 4.78 is 12.9. The van der Waals surface area contributed by atoms with E-state index in [0.717, 1.165) is 5.56 Å². The number of hydrogen-bond donors (Lipinski definition) is 2. The minimum atomic E-state index is -0.620. The third-order valence-corrected chi connectivity index (χ3v) is 4.23. The molecule has 1 aromatic heterocycles. The summed E-state index contributed by atoms with van der Waals surface area (Å²) in [5.74, 6) is -0.875. The Balaban J connectivity index is 1.95. The highest BCUT2D eigenvalue weighted by molar-refractivity contribution is 7.12. The van der Waals surface area contributed by atoms with Gasteiger partial charge in [0.15, 0.2) is 0 Å². The minimum Gasteiger partial charge on any atom is -0.350 e. The van der Waals surface area contributed by atoms with Gasteiger partial charge in [0.25, 0.3) is 5.91 Å². The predicted octanol–water partition coefficient (Wildman–Crippen LogP) is 2.96. The molecule has 0 saturated carbocycles. The van der Waals surface area contributed by atoms with Gasteiger partial charge in [-0.3, -0.25) is 9.59 Å². The monoisotopic (exact) mass is 334 g/mol. The van der Waals surface area contributed by atoms with Gasteiger partial charge in [0.05, 0.1) is 4.88 Å². The normalized spacial score (nSPS) is 12.0. The van der Waals surface area contributed by atoms with Gasteiger partial charge in [-0.2, -0.15) is 0 Å². The van der Waals surface area contributed by atoms with E-state index in [-0.39, 0.29) is 30.1 Å². The summed E-state index contributed by atoms with van der Waals surface area (Å²) in [6.07, 6.45) is 0. The molecule has 0 radical (unpaired) electrons. The second-order valence-electron chi connectivity index (χ2n) is 5.52. The fourth-order valence-electron chi connectivity index (χ4n) is 2.06. The van der Waals surface area contributed by atoms with Crippen LogP contribution in [0.2, 0.25) is 0 Å². The number of benzene rings is 1. The molecule has 1 atom stereocenters. The van der Waals surface area contributed by atoms with Crippen LogP contribution < -0.4 is 10.6 Å². The van der Waals surface area contributed by atoms with Crippen LogP contribution in [0.5, 0.6) is 0 Å². The number of nitrogens with one attached hydrogen (secondary N) is 2. The van der Waals surface area contributed by atoms with E-state index in [1.807, 2.05) is 19.2 Å². The van der Waals surface area contributed by atoms with Gasteiger partial charge in [0, 0.05) is 6.54 Å². The average Bonchev–Trinajstić information content (AvgIpc) is 3.05. The van der Waals surface area contributed by atoms with Crippen LogP contribution in [0.4, 0.5) is 4.39 Å². The molecule has 6 heteroatoms. The number of halogens is 1. The molecule has 23 heavy (non-hydrogen) atoms. The second kappa shape index (κ2) is 7.87. The Hall–Kier alpha value is -2.21. The lowest BCUT2D eigenvalue weighted by Crippen LogP contribution is -2.49. The molecule has 0 aliphatic carbocycles. The van der Waals surface area contributed by atoms with E-state index < -0.39 is 6.04 Å². The lowest BCUT2D eigenvalue weighted by atomic mass is 10.0. The topological polar surface area (TPSA) is 58.2 Å². The van der Waals surface area contributed by atoms with Gasteiger partial charge in [0.1, 0.15) is 11.9 Å². The highest BCUT2D eigenvalue weighted by Gasteiger charge is 2.24. The van der Waals surface area contributed by atoms with Crippen molar-refractivity contribution in [1.29, 1.82) is 0 Å². The summed E-state index contributed by atoms with van der Waals surface area (Å²) in [5, 5.41) is 7.35. The summed E-state index contributed by atoms with van der Waals surface area (Å²) >= 11 is 1.33. The Morgan fingerprint density at radius 1 is 1.17 bits per heavy atom. The molecule has 2 aromatic rings. The quantitative estimate of drug-likeness (QED) is 0.853. The first-order valence-corrected chi connectivity index (χ1v) is 8.22. The molecule has 0 aliphatic rings. The summed E-state index contributed by atoms with van der Waals surface area (Å²) in [5.41, 5.74) is 0.798. The van der Waals surface area contributed by atoms with E-state index in [1.54, 1.807) is 24.3 Å². The van der Waals surface area contributed by atoms with Crippen LogP contribution in [0.15, 0.2) is 41.8 Å². The summed E-state index contributed by atoms with van der Waals surface area (Å²) in [7, 11) is 0. The summed E-state index contributed by atoms with van der Waals surface area (Å²) in [4.78, 5) is 25.0. The molecule has 0 aliphatic heterocycles. The fourth-order valence-corrected chi connectivity index (χ4v) is 2.68. The van der Waals surface area contributed by atoms with Crippen molar-refractivity contribution >= 4 is 23.2 Å². The van der Waals surface area contributed by atoms with E-state index in [0.29, 0.717) is 4.88 Å². The number of carbonyl (C=O) groups excluding carboxylic acids is 2. The van der Waals surface area contributed by atoms with Gasteiger partial charge < -0.3 is 10.6 Å². The van der Waals surface area contributed by atoms with Crippen molar-refractivity contribution < 1.29 is 14.0 Å². The van der Waals surface area contributed by atoms with Crippen LogP contribution in [0.1, 0.15) is 29.1 Å². The zero-order valence-electron chi connectivity index (χ0n) is 13.0. The molecular formula is C17H19FN2O2S. The van der Waals surface area contributed by atoms with E-state index >= 15 is 0 Å². The predicted molar refractivity (Wildman–Crippen MR) is 88.7 cm³/mol. The fraction of sp³-hybridized carbons (Fsp3) is 0.294. The third-order valence-electron chi connectivity index (χ3n) is 3.36. The van der Waals surface area contributed by atoms with Crippen LogP contribution in [-0.4, -0.2) is 17.9 Å². The van der Waals surface area contributed by atoms with Crippen molar-refractivity contribution in [2.75, 3.05) is 0 Å². The highest BCUT2D eigenvalue weighted by Crippen LogP contribution is 2.10. The third kappa shape index (κ3) is 4.89. The van der Waals surface area contributed by atoms with Gasteiger partial charge >= 0.3 is 0 Å². The van der Waals surface area contributed by atoms with Gasteiger partial charge in [-0.1, -0.05) is 32.0 Å². The minimum absolute atomic E-state index is 0.0490. The number of amides is 2.